The number of furan rings is 1. The van der Waals surface area contributed by atoms with Crippen molar-refractivity contribution < 1.29 is 14.3 Å². The first-order valence-electron chi connectivity index (χ1n) is 5.76. The summed E-state index contributed by atoms with van der Waals surface area (Å²) in [6, 6.07) is 8.63. The van der Waals surface area contributed by atoms with Crippen molar-refractivity contribution in [2.24, 2.45) is 0 Å². The second kappa shape index (κ2) is 4.86. The van der Waals surface area contributed by atoms with Gasteiger partial charge >= 0.3 is 5.97 Å². The molecule has 2 heterocycles. The van der Waals surface area contributed by atoms with E-state index in [1.54, 1.807) is 30.3 Å². The fourth-order valence-electron chi connectivity index (χ4n) is 1.87. The van der Waals surface area contributed by atoms with Gasteiger partial charge in [-0.25, -0.2) is 9.48 Å². The Morgan fingerprint density at radius 1 is 1.25 bits per heavy atom. The molecule has 6 heteroatoms. The molecule has 0 amide bonds. The largest absolute Gasteiger partial charge is 0.478 e. The maximum absolute atomic E-state index is 11.3. The topological polar surface area (TPSA) is 68.3 Å². The third-order valence-electron chi connectivity index (χ3n) is 2.83. The highest BCUT2D eigenvalue weighted by molar-refractivity contribution is 6.30. The lowest BCUT2D eigenvalue weighted by atomic mass is 10.1. The lowest BCUT2D eigenvalue weighted by Gasteiger charge is -2.00. The molecule has 2 aromatic heterocycles. The fraction of sp³-hybridized carbons (Fsp3) is 0. The number of benzene rings is 1. The molecule has 0 saturated heterocycles. The van der Waals surface area contributed by atoms with Crippen LogP contribution in [0.4, 0.5) is 0 Å². The number of nitrogens with zero attached hydrogens (tertiary/aromatic N) is 2. The zero-order valence-electron chi connectivity index (χ0n) is 10.2. The van der Waals surface area contributed by atoms with Crippen molar-refractivity contribution in [1.82, 2.24) is 9.78 Å². The number of carboxylic acids is 1. The van der Waals surface area contributed by atoms with E-state index >= 15 is 0 Å². The van der Waals surface area contributed by atoms with Crippen LogP contribution in [0.5, 0.6) is 0 Å². The Kier molecular flexibility index (Phi) is 3.04. The number of halogens is 1. The molecule has 3 rings (SSSR count). The van der Waals surface area contributed by atoms with E-state index in [4.69, 9.17) is 16.0 Å². The first-order valence-corrected chi connectivity index (χ1v) is 6.14. The summed E-state index contributed by atoms with van der Waals surface area (Å²) in [4.78, 5) is 11.3. The molecule has 0 aliphatic heterocycles. The van der Waals surface area contributed by atoms with E-state index in [9.17, 15) is 9.90 Å². The minimum absolute atomic E-state index is 0.112. The van der Waals surface area contributed by atoms with Gasteiger partial charge in [-0.15, -0.1) is 0 Å². The molecule has 0 bridgehead atoms. The van der Waals surface area contributed by atoms with Crippen LogP contribution >= 0.6 is 11.6 Å². The molecule has 1 N–H and O–H groups in total. The van der Waals surface area contributed by atoms with E-state index in [2.05, 4.69) is 5.10 Å². The molecule has 0 radical (unpaired) electrons. The van der Waals surface area contributed by atoms with Crippen LogP contribution in [0.25, 0.3) is 16.9 Å². The van der Waals surface area contributed by atoms with E-state index < -0.39 is 5.97 Å². The Morgan fingerprint density at radius 2 is 2.00 bits per heavy atom. The Labute approximate surface area is 119 Å². The highest BCUT2D eigenvalue weighted by atomic mass is 35.5. The third kappa shape index (κ3) is 2.19. The van der Waals surface area contributed by atoms with Crippen LogP contribution in [-0.4, -0.2) is 20.9 Å². The normalized spacial score (nSPS) is 10.7. The summed E-state index contributed by atoms with van der Waals surface area (Å²) in [5.41, 5.74) is 1.82. The quantitative estimate of drug-likeness (QED) is 0.801. The van der Waals surface area contributed by atoms with Crippen molar-refractivity contribution in [3.05, 3.63) is 59.6 Å². The van der Waals surface area contributed by atoms with Gasteiger partial charge in [-0.1, -0.05) is 11.6 Å². The molecular weight excluding hydrogens is 280 g/mol. The fourth-order valence-corrected chi connectivity index (χ4v) is 1.99. The molecule has 100 valence electrons. The first kappa shape index (κ1) is 12.5. The number of hydrogen-bond donors (Lipinski definition) is 1. The van der Waals surface area contributed by atoms with Gasteiger partial charge < -0.3 is 9.52 Å². The van der Waals surface area contributed by atoms with Crippen LogP contribution in [0.15, 0.2) is 53.5 Å². The molecule has 0 aliphatic carbocycles. The van der Waals surface area contributed by atoms with Crippen LogP contribution in [0.3, 0.4) is 0 Å². The summed E-state index contributed by atoms with van der Waals surface area (Å²) >= 11 is 5.83. The van der Waals surface area contributed by atoms with Gasteiger partial charge in [-0.3, -0.25) is 0 Å². The van der Waals surface area contributed by atoms with Gasteiger partial charge in [0, 0.05) is 16.8 Å². The van der Waals surface area contributed by atoms with Crippen LogP contribution in [0.2, 0.25) is 5.02 Å². The zero-order chi connectivity index (χ0) is 14.1. The number of carbonyl (C=O) groups is 1. The molecule has 0 unspecified atom stereocenters. The summed E-state index contributed by atoms with van der Waals surface area (Å²) in [6.45, 7) is 0. The molecule has 20 heavy (non-hydrogen) atoms. The number of carboxylic acid groups (broad SMARTS) is 1. The smallest absolute Gasteiger partial charge is 0.339 e. The first-order chi connectivity index (χ1) is 9.65. The summed E-state index contributed by atoms with van der Waals surface area (Å²) < 4.78 is 6.48. The Morgan fingerprint density at radius 3 is 2.60 bits per heavy atom. The SMILES string of the molecule is O=C(O)c1cn(-c2ccc(Cl)cc2)nc1-c1ccoc1. The molecule has 0 aliphatic rings. The molecule has 1 aromatic carbocycles. The zero-order valence-corrected chi connectivity index (χ0v) is 10.9. The van der Waals surface area contributed by atoms with E-state index in [0.29, 0.717) is 16.3 Å². The average Bonchev–Trinajstić information content (AvgIpc) is 3.08. The highest BCUT2D eigenvalue weighted by Crippen LogP contribution is 2.24. The summed E-state index contributed by atoms with van der Waals surface area (Å²) in [5.74, 6) is -1.04. The van der Waals surface area contributed by atoms with Gasteiger partial charge in [0.25, 0.3) is 0 Å². The molecule has 5 nitrogen and oxygen atoms in total. The van der Waals surface area contributed by atoms with E-state index in [-0.39, 0.29) is 5.56 Å². The van der Waals surface area contributed by atoms with Crippen molar-refractivity contribution in [2.45, 2.75) is 0 Å². The lowest BCUT2D eigenvalue weighted by Crippen LogP contribution is -1.96. The van der Waals surface area contributed by atoms with Gasteiger partial charge in [0.1, 0.15) is 11.3 Å². The van der Waals surface area contributed by atoms with Gasteiger partial charge in [0.15, 0.2) is 0 Å². The maximum atomic E-state index is 11.3. The van der Waals surface area contributed by atoms with Gasteiger partial charge in [0.05, 0.1) is 18.2 Å². The van der Waals surface area contributed by atoms with Crippen molar-refractivity contribution in [2.75, 3.05) is 0 Å². The summed E-state index contributed by atoms with van der Waals surface area (Å²) in [6.07, 6.45) is 4.40. The van der Waals surface area contributed by atoms with E-state index in [1.807, 2.05) is 0 Å². The molecular formula is C14H9ClN2O3. The summed E-state index contributed by atoms with van der Waals surface area (Å²) in [7, 11) is 0. The molecule has 0 saturated carbocycles. The van der Waals surface area contributed by atoms with Gasteiger partial charge in [0.2, 0.25) is 0 Å². The number of aromatic carboxylic acids is 1. The van der Waals surface area contributed by atoms with Crippen molar-refractivity contribution in [1.29, 1.82) is 0 Å². The predicted molar refractivity (Wildman–Crippen MR) is 73.2 cm³/mol. The van der Waals surface area contributed by atoms with Crippen molar-refractivity contribution in [3.63, 3.8) is 0 Å². The second-order valence-corrected chi connectivity index (χ2v) is 4.57. The van der Waals surface area contributed by atoms with E-state index in [0.717, 1.165) is 5.69 Å². The van der Waals surface area contributed by atoms with Crippen LogP contribution in [-0.2, 0) is 0 Å². The van der Waals surface area contributed by atoms with Crippen molar-refractivity contribution in [3.8, 4) is 16.9 Å². The van der Waals surface area contributed by atoms with E-state index in [1.165, 1.54) is 23.4 Å². The average molecular weight is 289 g/mol. The van der Waals surface area contributed by atoms with Crippen LogP contribution in [0.1, 0.15) is 10.4 Å². The van der Waals surface area contributed by atoms with Crippen LogP contribution < -0.4 is 0 Å². The maximum Gasteiger partial charge on any atom is 0.339 e. The second-order valence-electron chi connectivity index (χ2n) is 4.13. The molecule has 3 aromatic rings. The van der Waals surface area contributed by atoms with Gasteiger partial charge in [-0.2, -0.15) is 5.10 Å². The van der Waals surface area contributed by atoms with Gasteiger partial charge in [-0.05, 0) is 30.3 Å². The number of hydrogen-bond acceptors (Lipinski definition) is 3. The minimum Gasteiger partial charge on any atom is -0.478 e. The summed E-state index contributed by atoms with van der Waals surface area (Å²) in [5, 5.41) is 14.2. The highest BCUT2D eigenvalue weighted by Gasteiger charge is 2.18. The minimum atomic E-state index is -1.04. The van der Waals surface area contributed by atoms with Crippen molar-refractivity contribution >= 4 is 17.6 Å². The molecule has 0 spiro atoms. The Balaban J connectivity index is 2.12. The number of aromatic nitrogens is 2. The Bertz CT molecular complexity index is 745. The Hall–Kier alpha value is -2.53. The predicted octanol–water partition coefficient (Wildman–Crippen LogP) is 3.48. The molecule has 0 atom stereocenters. The number of rotatable bonds is 3. The lowest BCUT2D eigenvalue weighted by molar-refractivity contribution is 0.0697. The third-order valence-corrected chi connectivity index (χ3v) is 3.08. The molecule has 0 fully saturated rings. The standard InChI is InChI=1S/C14H9ClN2O3/c15-10-1-3-11(4-2-10)17-7-12(14(18)19)13(16-17)9-5-6-20-8-9/h1-8H,(H,18,19). The monoisotopic (exact) mass is 288 g/mol. The van der Waals surface area contributed by atoms with Crippen LogP contribution in [0, 0.1) is 0 Å².